The minimum Gasteiger partial charge on any atom is -0.370 e. The second-order valence-electron chi connectivity index (χ2n) is 6.60. The number of piperazine rings is 1. The summed E-state index contributed by atoms with van der Waals surface area (Å²) in [6, 6.07) is 4.68. The number of rotatable bonds is 6. The number of aryl methyl sites for hydroxylation is 1. The van der Waals surface area contributed by atoms with Crippen LogP contribution in [0.25, 0.3) is 0 Å². The maximum atomic E-state index is 13.8. The van der Waals surface area contributed by atoms with Gasteiger partial charge in [0, 0.05) is 50.0 Å². The molecule has 7 nitrogen and oxygen atoms in total. The molecular formula is C18H23F2N5O2S. The molecule has 0 saturated carbocycles. The first-order valence-corrected chi connectivity index (χ1v) is 10.7. The Morgan fingerprint density at radius 2 is 1.82 bits per heavy atom. The molecule has 1 saturated heterocycles. The molecule has 0 amide bonds. The number of aromatic nitrogens is 2. The lowest BCUT2D eigenvalue weighted by molar-refractivity contribution is 0.381. The number of halogens is 2. The van der Waals surface area contributed by atoms with E-state index >= 15 is 0 Å². The minimum atomic E-state index is -3.76. The van der Waals surface area contributed by atoms with Crippen LogP contribution >= 0.6 is 0 Å². The second kappa shape index (κ2) is 8.36. The molecule has 0 aliphatic carbocycles. The number of hydrogen-bond acceptors (Lipinski definition) is 6. The van der Waals surface area contributed by atoms with E-state index in [-0.39, 0.29) is 18.7 Å². The largest absolute Gasteiger partial charge is 0.370 e. The SMILES string of the molecule is CCNc1cc(C)nc(N2CCN(S(=O)(=O)Cc3cc(F)ccc3F)CC2)n1. The third-order valence-electron chi connectivity index (χ3n) is 4.46. The van der Waals surface area contributed by atoms with Crippen LogP contribution in [0.4, 0.5) is 20.5 Å². The van der Waals surface area contributed by atoms with Crippen LogP contribution in [0.3, 0.4) is 0 Å². The zero-order chi connectivity index (χ0) is 20.3. The highest BCUT2D eigenvalue weighted by molar-refractivity contribution is 7.88. The molecule has 0 radical (unpaired) electrons. The topological polar surface area (TPSA) is 78.4 Å². The molecule has 2 aromatic rings. The lowest BCUT2D eigenvalue weighted by atomic mass is 10.2. The van der Waals surface area contributed by atoms with Crippen molar-refractivity contribution in [2.24, 2.45) is 0 Å². The maximum Gasteiger partial charge on any atom is 0.227 e. The minimum absolute atomic E-state index is 0.167. The molecule has 1 aliphatic rings. The molecule has 0 bridgehead atoms. The van der Waals surface area contributed by atoms with E-state index in [0.29, 0.717) is 19.0 Å². The Morgan fingerprint density at radius 3 is 2.50 bits per heavy atom. The van der Waals surface area contributed by atoms with Gasteiger partial charge in [-0.05, 0) is 32.0 Å². The van der Waals surface area contributed by atoms with Gasteiger partial charge in [0.15, 0.2) is 0 Å². The normalized spacial score (nSPS) is 15.6. The van der Waals surface area contributed by atoms with Crippen LogP contribution in [0.5, 0.6) is 0 Å². The van der Waals surface area contributed by atoms with Crippen LogP contribution in [0.2, 0.25) is 0 Å². The Balaban J connectivity index is 1.68. The van der Waals surface area contributed by atoms with E-state index in [2.05, 4.69) is 15.3 Å². The molecule has 1 aromatic heterocycles. The molecule has 28 heavy (non-hydrogen) atoms. The van der Waals surface area contributed by atoms with E-state index in [1.165, 1.54) is 4.31 Å². The van der Waals surface area contributed by atoms with Gasteiger partial charge in [0.1, 0.15) is 17.5 Å². The molecule has 1 N–H and O–H groups in total. The lowest BCUT2D eigenvalue weighted by Gasteiger charge is -2.34. The fraction of sp³-hybridized carbons (Fsp3) is 0.444. The third kappa shape index (κ3) is 4.74. The van der Waals surface area contributed by atoms with Crippen molar-refractivity contribution in [3.63, 3.8) is 0 Å². The van der Waals surface area contributed by atoms with Gasteiger partial charge < -0.3 is 10.2 Å². The summed E-state index contributed by atoms with van der Waals surface area (Å²) in [6.45, 7) is 5.88. The molecule has 0 spiro atoms. The van der Waals surface area contributed by atoms with Gasteiger partial charge in [-0.1, -0.05) is 0 Å². The first-order valence-electron chi connectivity index (χ1n) is 9.05. The summed E-state index contributed by atoms with van der Waals surface area (Å²) in [5.41, 5.74) is 0.650. The summed E-state index contributed by atoms with van der Waals surface area (Å²) in [4.78, 5) is 10.8. The molecule has 152 valence electrons. The quantitative estimate of drug-likeness (QED) is 0.785. The van der Waals surface area contributed by atoms with E-state index in [1.54, 1.807) is 0 Å². The maximum absolute atomic E-state index is 13.8. The average Bonchev–Trinajstić information content (AvgIpc) is 2.64. The number of hydrogen-bond donors (Lipinski definition) is 1. The number of anilines is 2. The highest BCUT2D eigenvalue weighted by atomic mass is 32.2. The monoisotopic (exact) mass is 411 g/mol. The summed E-state index contributed by atoms with van der Waals surface area (Å²) < 4.78 is 53.7. The van der Waals surface area contributed by atoms with Crippen molar-refractivity contribution < 1.29 is 17.2 Å². The molecule has 10 heteroatoms. The summed E-state index contributed by atoms with van der Waals surface area (Å²) in [6.07, 6.45) is 0. The Morgan fingerprint density at radius 1 is 1.11 bits per heavy atom. The number of benzene rings is 1. The molecule has 3 rings (SSSR count). The molecule has 0 unspecified atom stereocenters. The summed E-state index contributed by atoms with van der Waals surface area (Å²) in [7, 11) is -3.76. The number of nitrogens with one attached hydrogen (secondary N) is 1. The van der Waals surface area contributed by atoms with Crippen molar-refractivity contribution in [1.82, 2.24) is 14.3 Å². The summed E-state index contributed by atoms with van der Waals surface area (Å²) in [5.74, 6) is -0.690. The molecule has 1 fully saturated rings. The van der Waals surface area contributed by atoms with Gasteiger partial charge in [-0.15, -0.1) is 0 Å². The van der Waals surface area contributed by atoms with Gasteiger partial charge in [-0.2, -0.15) is 9.29 Å². The number of sulfonamides is 1. The Kier molecular flexibility index (Phi) is 6.09. The van der Waals surface area contributed by atoms with Gasteiger partial charge >= 0.3 is 0 Å². The summed E-state index contributed by atoms with van der Waals surface area (Å²) in [5, 5.41) is 3.15. The predicted octanol–water partition coefficient (Wildman–Crippen LogP) is 2.15. The van der Waals surface area contributed by atoms with Crippen LogP contribution in [-0.4, -0.2) is 55.4 Å². The second-order valence-corrected chi connectivity index (χ2v) is 8.57. The van der Waals surface area contributed by atoms with E-state index in [9.17, 15) is 17.2 Å². The van der Waals surface area contributed by atoms with Crippen molar-refractivity contribution in [2.75, 3.05) is 42.9 Å². The fourth-order valence-electron chi connectivity index (χ4n) is 3.07. The molecule has 1 aliphatic heterocycles. The van der Waals surface area contributed by atoms with Crippen LogP contribution in [-0.2, 0) is 15.8 Å². The van der Waals surface area contributed by atoms with Crippen molar-refractivity contribution in [2.45, 2.75) is 19.6 Å². The summed E-state index contributed by atoms with van der Waals surface area (Å²) >= 11 is 0. The van der Waals surface area contributed by atoms with Crippen molar-refractivity contribution in [3.8, 4) is 0 Å². The van der Waals surface area contributed by atoms with Crippen molar-refractivity contribution >= 4 is 21.8 Å². The highest BCUT2D eigenvalue weighted by Gasteiger charge is 2.29. The van der Waals surface area contributed by atoms with E-state index in [1.807, 2.05) is 24.8 Å². The smallest absolute Gasteiger partial charge is 0.227 e. The molecule has 0 atom stereocenters. The molecule has 1 aromatic carbocycles. The van der Waals surface area contributed by atoms with Crippen LogP contribution in [0, 0.1) is 18.6 Å². The Bertz CT molecular complexity index is 947. The van der Waals surface area contributed by atoms with Gasteiger partial charge in [0.25, 0.3) is 0 Å². The molecular weight excluding hydrogens is 388 g/mol. The van der Waals surface area contributed by atoms with Gasteiger partial charge in [0.2, 0.25) is 16.0 Å². The Hall–Kier alpha value is -2.33. The number of nitrogens with zero attached hydrogens (tertiary/aromatic N) is 4. The van der Waals surface area contributed by atoms with E-state index in [4.69, 9.17) is 0 Å². The highest BCUT2D eigenvalue weighted by Crippen LogP contribution is 2.20. The zero-order valence-corrected chi connectivity index (χ0v) is 16.6. The van der Waals surface area contributed by atoms with Gasteiger partial charge in [0.05, 0.1) is 5.75 Å². The average molecular weight is 411 g/mol. The van der Waals surface area contributed by atoms with E-state index < -0.39 is 27.4 Å². The third-order valence-corrected chi connectivity index (χ3v) is 6.29. The van der Waals surface area contributed by atoms with Gasteiger partial charge in [-0.25, -0.2) is 22.2 Å². The van der Waals surface area contributed by atoms with Gasteiger partial charge in [-0.3, -0.25) is 0 Å². The van der Waals surface area contributed by atoms with Crippen LogP contribution in [0.1, 0.15) is 18.2 Å². The van der Waals surface area contributed by atoms with Crippen molar-refractivity contribution in [1.29, 1.82) is 0 Å². The fourth-order valence-corrected chi connectivity index (χ4v) is 4.59. The van der Waals surface area contributed by atoms with Crippen LogP contribution < -0.4 is 10.2 Å². The Labute approximate surface area is 163 Å². The standard InChI is InChI=1S/C18H23F2N5O2S/c1-3-21-17-10-13(2)22-18(23-17)24-6-8-25(9-7-24)28(26,27)12-14-11-15(19)4-5-16(14)20/h4-5,10-11H,3,6-9,12H2,1-2H3,(H,21,22,23). The lowest BCUT2D eigenvalue weighted by Crippen LogP contribution is -2.49. The first kappa shape index (κ1) is 20.4. The van der Waals surface area contributed by atoms with Crippen molar-refractivity contribution in [3.05, 3.63) is 47.2 Å². The first-order chi connectivity index (χ1) is 13.3. The predicted molar refractivity (Wildman–Crippen MR) is 104 cm³/mol. The van der Waals surface area contributed by atoms with E-state index in [0.717, 1.165) is 36.3 Å². The van der Waals surface area contributed by atoms with Crippen LogP contribution in [0.15, 0.2) is 24.3 Å². The zero-order valence-electron chi connectivity index (χ0n) is 15.8. The molecule has 2 heterocycles.